The SMILES string of the molecule is CCCNCC(C)(C)Oc1ccc(OC)cc1. The van der Waals surface area contributed by atoms with Gasteiger partial charge in [0.1, 0.15) is 17.1 Å². The van der Waals surface area contributed by atoms with Crippen LogP contribution in [0.25, 0.3) is 0 Å². The minimum atomic E-state index is -0.205. The van der Waals surface area contributed by atoms with E-state index in [0.717, 1.165) is 31.0 Å². The first kappa shape index (κ1) is 13.8. The number of hydrogen-bond donors (Lipinski definition) is 1. The Morgan fingerprint density at radius 2 is 1.71 bits per heavy atom. The predicted octanol–water partition coefficient (Wildman–Crippen LogP) is 2.85. The van der Waals surface area contributed by atoms with Crippen LogP contribution in [0.15, 0.2) is 24.3 Å². The summed E-state index contributed by atoms with van der Waals surface area (Å²) in [5, 5.41) is 3.37. The molecular formula is C14H23NO2. The Balaban J connectivity index is 2.50. The van der Waals surface area contributed by atoms with Crippen LogP contribution >= 0.6 is 0 Å². The first-order valence-corrected chi connectivity index (χ1v) is 6.11. The summed E-state index contributed by atoms with van der Waals surface area (Å²) in [7, 11) is 1.66. The first-order chi connectivity index (χ1) is 8.07. The number of hydrogen-bond acceptors (Lipinski definition) is 3. The quantitative estimate of drug-likeness (QED) is 0.740. The number of ether oxygens (including phenoxy) is 2. The lowest BCUT2D eigenvalue weighted by molar-refractivity contribution is 0.108. The smallest absolute Gasteiger partial charge is 0.120 e. The molecule has 0 heterocycles. The average Bonchev–Trinajstić information content (AvgIpc) is 2.30. The van der Waals surface area contributed by atoms with E-state index >= 15 is 0 Å². The van der Waals surface area contributed by atoms with Gasteiger partial charge in [-0.15, -0.1) is 0 Å². The standard InChI is InChI=1S/C14H23NO2/c1-5-10-15-11-14(2,3)17-13-8-6-12(16-4)7-9-13/h6-9,15H,5,10-11H2,1-4H3. The highest BCUT2D eigenvalue weighted by molar-refractivity contribution is 5.31. The average molecular weight is 237 g/mol. The van der Waals surface area contributed by atoms with Crippen LogP contribution in [0.3, 0.4) is 0 Å². The van der Waals surface area contributed by atoms with Gasteiger partial charge in [0.25, 0.3) is 0 Å². The summed E-state index contributed by atoms with van der Waals surface area (Å²) in [6.45, 7) is 8.19. The van der Waals surface area contributed by atoms with E-state index in [4.69, 9.17) is 9.47 Å². The van der Waals surface area contributed by atoms with Gasteiger partial charge in [0.2, 0.25) is 0 Å². The van der Waals surface area contributed by atoms with E-state index < -0.39 is 0 Å². The zero-order valence-corrected chi connectivity index (χ0v) is 11.2. The van der Waals surface area contributed by atoms with Crippen LogP contribution in [-0.2, 0) is 0 Å². The largest absolute Gasteiger partial charge is 0.497 e. The molecular weight excluding hydrogens is 214 g/mol. The summed E-state index contributed by atoms with van der Waals surface area (Å²) in [4.78, 5) is 0. The summed E-state index contributed by atoms with van der Waals surface area (Å²) in [5.41, 5.74) is -0.205. The molecule has 0 aliphatic carbocycles. The molecule has 0 unspecified atom stereocenters. The van der Waals surface area contributed by atoms with E-state index in [1.165, 1.54) is 0 Å². The van der Waals surface area contributed by atoms with E-state index in [2.05, 4.69) is 26.1 Å². The molecule has 0 aliphatic heterocycles. The molecule has 0 amide bonds. The molecule has 1 aromatic rings. The van der Waals surface area contributed by atoms with E-state index in [-0.39, 0.29) is 5.60 Å². The molecule has 96 valence electrons. The third-order valence-corrected chi connectivity index (χ3v) is 2.43. The molecule has 3 heteroatoms. The Kier molecular flexibility index (Phi) is 5.29. The van der Waals surface area contributed by atoms with E-state index in [1.807, 2.05) is 24.3 Å². The van der Waals surface area contributed by atoms with Crippen molar-refractivity contribution in [2.24, 2.45) is 0 Å². The second-order valence-electron chi connectivity index (χ2n) is 4.71. The zero-order valence-electron chi connectivity index (χ0n) is 11.2. The number of benzene rings is 1. The molecule has 0 spiro atoms. The summed E-state index contributed by atoms with van der Waals surface area (Å²) >= 11 is 0. The van der Waals surface area contributed by atoms with Crippen LogP contribution in [-0.4, -0.2) is 25.8 Å². The molecule has 3 nitrogen and oxygen atoms in total. The summed E-state index contributed by atoms with van der Waals surface area (Å²) in [6.07, 6.45) is 1.14. The molecule has 0 saturated heterocycles. The fourth-order valence-corrected chi connectivity index (χ4v) is 1.57. The van der Waals surface area contributed by atoms with Crippen molar-refractivity contribution in [2.45, 2.75) is 32.8 Å². The van der Waals surface area contributed by atoms with Gasteiger partial charge < -0.3 is 14.8 Å². The topological polar surface area (TPSA) is 30.5 Å². The van der Waals surface area contributed by atoms with Gasteiger partial charge in [-0.05, 0) is 51.1 Å². The normalized spacial score (nSPS) is 11.3. The van der Waals surface area contributed by atoms with Crippen molar-refractivity contribution in [1.29, 1.82) is 0 Å². The van der Waals surface area contributed by atoms with Crippen molar-refractivity contribution < 1.29 is 9.47 Å². The molecule has 0 radical (unpaired) electrons. The Morgan fingerprint density at radius 3 is 2.24 bits per heavy atom. The fourth-order valence-electron chi connectivity index (χ4n) is 1.57. The van der Waals surface area contributed by atoms with E-state index in [0.29, 0.717) is 0 Å². The predicted molar refractivity (Wildman–Crippen MR) is 70.9 cm³/mol. The second-order valence-corrected chi connectivity index (χ2v) is 4.71. The molecule has 1 rings (SSSR count). The number of methoxy groups -OCH3 is 1. The van der Waals surface area contributed by atoms with Gasteiger partial charge in [0.05, 0.1) is 7.11 Å². The monoisotopic (exact) mass is 237 g/mol. The summed E-state index contributed by atoms with van der Waals surface area (Å²) < 4.78 is 11.0. The van der Waals surface area contributed by atoms with Gasteiger partial charge in [-0.3, -0.25) is 0 Å². The summed E-state index contributed by atoms with van der Waals surface area (Å²) in [6, 6.07) is 7.68. The highest BCUT2D eigenvalue weighted by atomic mass is 16.5. The fraction of sp³-hybridized carbons (Fsp3) is 0.571. The molecule has 1 aromatic carbocycles. The van der Waals surface area contributed by atoms with Crippen molar-refractivity contribution in [3.8, 4) is 11.5 Å². The van der Waals surface area contributed by atoms with Crippen LogP contribution in [0.1, 0.15) is 27.2 Å². The minimum absolute atomic E-state index is 0.205. The lowest BCUT2D eigenvalue weighted by Crippen LogP contribution is -2.40. The lowest BCUT2D eigenvalue weighted by Gasteiger charge is -2.27. The molecule has 0 saturated carbocycles. The van der Waals surface area contributed by atoms with E-state index in [1.54, 1.807) is 7.11 Å². The molecule has 0 aliphatic rings. The van der Waals surface area contributed by atoms with E-state index in [9.17, 15) is 0 Å². The van der Waals surface area contributed by atoms with Gasteiger partial charge >= 0.3 is 0 Å². The van der Waals surface area contributed by atoms with Crippen LogP contribution in [0.4, 0.5) is 0 Å². The molecule has 0 fully saturated rings. The van der Waals surface area contributed by atoms with Crippen LogP contribution < -0.4 is 14.8 Å². The van der Waals surface area contributed by atoms with Gasteiger partial charge in [-0.25, -0.2) is 0 Å². The van der Waals surface area contributed by atoms with Crippen molar-refractivity contribution in [3.63, 3.8) is 0 Å². The van der Waals surface area contributed by atoms with Crippen LogP contribution in [0.5, 0.6) is 11.5 Å². The summed E-state index contributed by atoms with van der Waals surface area (Å²) in [5.74, 6) is 1.72. The third-order valence-electron chi connectivity index (χ3n) is 2.43. The Morgan fingerprint density at radius 1 is 1.12 bits per heavy atom. The van der Waals surface area contributed by atoms with Crippen LogP contribution in [0.2, 0.25) is 0 Å². The highest BCUT2D eigenvalue weighted by Gasteiger charge is 2.18. The Labute approximate surface area is 104 Å². The maximum Gasteiger partial charge on any atom is 0.120 e. The maximum atomic E-state index is 5.93. The molecule has 1 N–H and O–H groups in total. The van der Waals surface area contributed by atoms with Crippen molar-refractivity contribution in [3.05, 3.63) is 24.3 Å². The van der Waals surface area contributed by atoms with Gasteiger partial charge in [-0.2, -0.15) is 0 Å². The molecule has 0 aromatic heterocycles. The minimum Gasteiger partial charge on any atom is -0.497 e. The van der Waals surface area contributed by atoms with Gasteiger partial charge in [-0.1, -0.05) is 6.92 Å². The third kappa shape index (κ3) is 5.09. The Hall–Kier alpha value is -1.22. The lowest BCUT2D eigenvalue weighted by atomic mass is 10.1. The van der Waals surface area contributed by atoms with Gasteiger partial charge in [0, 0.05) is 6.54 Å². The zero-order chi connectivity index (χ0) is 12.7. The van der Waals surface area contributed by atoms with Crippen molar-refractivity contribution >= 4 is 0 Å². The number of nitrogens with one attached hydrogen (secondary N) is 1. The second kappa shape index (κ2) is 6.50. The van der Waals surface area contributed by atoms with Crippen LogP contribution in [0, 0.1) is 0 Å². The number of rotatable bonds is 7. The first-order valence-electron chi connectivity index (χ1n) is 6.11. The van der Waals surface area contributed by atoms with Gasteiger partial charge in [0.15, 0.2) is 0 Å². The molecule has 0 bridgehead atoms. The maximum absolute atomic E-state index is 5.93. The van der Waals surface area contributed by atoms with Crippen molar-refractivity contribution in [2.75, 3.05) is 20.2 Å². The Bertz CT molecular complexity index is 319. The molecule has 0 atom stereocenters. The van der Waals surface area contributed by atoms with Crippen molar-refractivity contribution in [1.82, 2.24) is 5.32 Å². The highest BCUT2D eigenvalue weighted by Crippen LogP contribution is 2.21. The molecule has 17 heavy (non-hydrogen) atoms.